The molecule has 0 saturated carbocycles. The molecule has 1 unspecified atom stereocenters. The highest BCUT2D eigenvalue weighted by atomic mass is 35.5. The Balaban J connectivity index is 1.78. The molecule has 0 aliphatic heterocycles. The lowest BCUT2D eigenvalue weighted by Crippen LogP contribution is -2.38. The Morgan fingerprint density at radius 2 is 2.04 bits per heavy atom. The van der Waals surface area contributed by atoms with Crippen molar-refractivity contribution >= 4 is 40.1 Å². The number of rotatable bonds is 9. The van der Waals surface area contributed by atoms with Crippen molar-refractivity contribution in [1.29, 1.82) is 0 Å². The normalized spacial score (nSPS) is 12.2. The van der Waals surface area contributed by atoms with Crippen LogP contribution >= 0.6 is 23.2 Å². The molecule has 0 fully saturated rings. The fourth-order valence-corrected chi connectivity index (χ4v) is 3.70. The summed E-state index contributed by atoms with van der Waals surface area (Å²) in [6, 6.07) is 10.4. The van der Waals surface area contributed by atoms with Gasteiger partial charge in [-0.3, -0.25) is 10.1 Å². The van der Waals surface area contributed by atoms with E-state index in [1.54, 1.807) is 12.1 Å². The van der Waals surface area contributed by atoms with Gasteiger partial charge in [0.2, 0.25) is 0 Å². The number of ether oxygens (including phenoxy) is 1. The van der Waals surface area contributed by atoms with Gasteiger partial charge >= 0.3 is 5.97 Å². The third kappa shape index (κ3) is 4.79. The van der Waals surface area contributed by atoms with Gasteiger partial charge in [0, 0.05) is 40.7 Å². The molecule has 2 aromatic carbocycles. The summed E-state index contributed by atoms with van der Waals surface area (Å²) < 4.78 is 5.75. The number of hydrogen-bond donors (Lipinski definition) is 3. The van der Waals surface area contributed by atoms with Crippen molar-refractivity contribution in [2.45, 2.75) is 32.4 Å². The van der Waals surface area contributed by atoms with Crippen LogP contribution in [0.3, 0.4) is 0 Å². The van der Waals surface area contributed by atoms with E-state index in [4.69, 9.17) is 27.9 Å². The van der Waals surface area contributed by atoms with E-state index < -0.39 is 12.0 Å². The molecule has 28 heavy (non-hydrogen) atoms. The second-order valence-electron chi connectivity index (χ2n) is 6.56. The minimum atomic E-state index is -0.922. The molecule has 148 valence electrons. The van der Waals surface area contributed by atoms with Gasteiger partial charge in [0.05, 0.1) is 11.6 Å². The highest BCUT2D eigenvalue weighted by Gasteiger charge is 2.20. The second kappa shape index (κ2) is 9.32. The Hall–Kier alpha value is -2.21. The molecule has 7 heteroatoms. The van der Waals surface area contributed by atoms with Crippen LogP contribution in [0.1, 0.15) is 24.5 Å². The first-order valence-electron chi connectivity index (χ1n) is 9.11. The minimum Gasteiger partial charge on any atom is -0.492 e. The number of hydrogen-bond acceptors (Lipinski definition) is 3. The molecule has 5 nitrogen and oxygen atoms in total. The number of para-hydroxylation sites is 1. The van der Waals surface area contributed by atoms with Crippen LogP contribution in [-0.2, 0) is 17.8 Å². The van der Waals surface area contributed by atoms with Gasteiger partial charge in [0.25, 0.3) is 0 Å². The number of aromatic nitrogens is 1. The number of halogens is 2. The molecular formula is C21H22Cl2N2O3. The van der Waals surface area contributed by atoms with E-state index in [1.807, 2.05) is 37.4 Å². The van der Waals surface area contributed by atoms with E-state index in [1.165, 1.54) is 0 Å². The number of carbonyl (C=O) groups is 1. The first-order valence-corrected chi connectivity index (χ1v) is 9.87. The smallest absolute Gasteiger partial charge is 0.321 e. The number of fused-ring (bicyclic) bond motifs is 1. The summed E-state index contributed by atoms with van der Waals surface area (Å²) in [6.07, 6.45) is 3.04. The average Bonchev–Trinajstić information content (AvgIpc) is 3.07. The van der Waals surface area contributed by atoms with Gasteiger partial charge < -0.3 is 14.8 Å². The van der Waals surface area contributed by atoms with Gasteiger partial charge in [-0.25, -0.2) is 0 Å². The fraction of sp³-hybridized carbons (Fsp3) is 0.286. The van der Waals surface area contributed by atoms with Crippen molar-refractivity contribution in [2.75, 3.05) is 6.61 Å². The number of benzene rings is 2. The van der Waals surface area contributed by atoms with Crippen LogP contribution in [0.5, 0.6) is 5.75 Å². The van der Waals surface area contributed by atoms with Crippen LogP contribution in [0.25, 0.3) is 10.9 Å². The lowest BCUT2D eigenvalue weighted by molar-refractivity contribution is -0.139. The predicted octanol–water partition coefficient (Wildman–Crippen LogP) is 5.05. The predicted molar refractivity (Wildman–Crippen MR) is 113 cm³/mol. The summed E-state index contributed by atoms with van der Waals surface area (Å²) >= 11 is 12.4. The van der Waals surface area contributed by atoms with E-state index in [2.05, 4.69) is 10.3 Å². The molecular weight excluding hydrogens is 399 g/mol. The van der Waals surface area contributed by atoms with Gasteiger partial charge in [-0.05, 0) is 30.2 Å². The number of H-pyrrole nitrogens is 1. The minimum absolute atomic E-state index is 0.276. The lowest BCUT2D eigenvalue weighted by Gasteiger charge is -2.17. The Morgan fingerprint density at radius 1 is 1.25 bits per heavy atom. The quantitative estimate of drug-likeness (QED) is 0.452. The van der Waals surface area contributed by atoms with Crippen molar-refractivity contribution in [1.82, 2.24) is 10.3 Å². The molecule has 1 heterocycles. The molecule has 0 spiro atoms. The highest BCUT2D eigenvalue weighted by Crippen LogP contribution is 2.32. The van der Waals surface area contributed by atoms with Crippen LogP contribution < -0.4 is 10.1 Å². The summed E-state index contributed by atoms with van der Waals surface area (Å²) in [5.41, 5.74) is 2.66. The molecule has 0 aliphatic rings. The van der Waals surface area contributed by atoms with Crippen LogP contribution in [-0.4, -0.2) is 28.7 Å². The molecule has 0 aliphatic carbocycles. The summed E-state index contributed by atoms with van der Waals surface area (Å²) in [5, 5.41) is 14.7. The SMILES string of the molecule is CCCOc1c(Cl)cc(Cl)cc1CNC(Cc1c[nH]c2ccccc12)C(=O)O. The maximum atomic E-state index is 11.8. The van der Waals surface area contributed by atoms with Crippen molar-refractivity contribution in [3.05, 3.63) is 63.8 Å². The number of aromatic amines is 1. The number of carboxylic acid groups (broad SMARTS) is 1. The van der Waals surface area contributed by atoms with E-state index in [9.17, 15) is 9.90 Å². The zero-order valence-corrected chi connectivity index (χ0v) is 17.0. The van der Waals surface area contributed by atoms with Crippen LogP contribution in [0.15, 0.2) is 42.6 Å². The van der Waals surface area contributed by atoms with Crippen molar-refractivity contribution in [3.63, 3.8) is 0 Å². The Bertz CT molecular complexity index is 971. The summed E-state index contributed by atoms with van der Waals surface area (Å²) in [7, 11) is 0. The van der Waals surface area contributed by atoms with Crippen LogP contribution in [0, 0.1) is 0 Å². The van der Waals surface area contributed by atoms with E-state index in [0.29, 0.717) is 28.8 Å². The van der Waals surface area contributed by atoms with E-state index >= 15 is 0 Å². The Labute approximate surface area is 173 Å². The fourth-order valence-electron chi connectivity index (χ4n) is 3.11. The Kier molecular flexibility index (Phi) is 6.83. The molecule has 3 rings (SSSR count). The van der Waals surface area contributed by atoms with Crippen LogP contribution in [0.4, 0.5) is 0 Å². The Morgan fingerprint density at radius 3 is 2.79 bits per heavy atom. The third-order valence-electron chi connectivity index (χ3n) is 4.47. The largest absolute Gasteiger partial charge is 0.492 e. The monoisotopic (exact) mass is 420 g/mol. The number of nitrogens with one attached hydrogen (secondary N) is 2. The van der Waals surface area contributed by atoms with Gasteiger partial charge in [0.1, 0.15) is 11.8 Å². The molecule has 1 aromatic heterocycles. The second-order valence-corrected chi connectivity index (χ2v) is 7.40. The first kappa shape index (κ1) is 20.5. The van der Waals surface area contributed by atoms with E-state index in [0.717, 1.165) is 28.5 Å². The molecule has 0 amide bonds. The highest BCUT2D eigenvalue weighted by molar-refractivity contribution is 6.35. The first-order chi connectivity index (χ1) is 13.5. The topological polar surface area (TPSA) is 74.3 Å². The van der Waals surface area contributed by atoms with Crippen molar-refractivity contribution < 1.29 is 14.6 Å². The molecule has 0 radical (unpaired) electrons. The molecule has 0 bridgehead atoms. The van der Waals surface area contributed by atoms with E-state index in [-0.39, 0.29) is 6.54 Å². The van der Waals surface area contributed by atoms with Gasteiger partial charge in [-0.15, -0.1) is 0 Å². The van der Waals surface area contributed by atoms with Gasteiger partial charge in [-0.2, -0.15) is 0 Å². The summed E-state index contributed by atoms with van der Waals surface area (Å²) in [6.45, 7) is 2.80. The maximum Gasteiger partial charge on any atom is 0.321 e. The molecule has 3 N–H and O–H groups in total. The van der Waals surface area contributed by atoms with Gasteiger partial charge in [0.15, 0.2) is 0 Å². The molecule has 1 atom stereocenters. The maximum absolute atomic E-state index is 11.8. The summed E-state index contributed by atoms with van der Waals surface area (Å²) in [5.74, 6) is -0.383. The lowest BCUT2D eigenvalue weighted by atomic mass is 10.0. The zero-order valence-electron chi connectivity index (χ0n) is 15.5. The van der Waals surface area contributed by atoms with Gasteiger partial charge in [-0.1, -0.05) is 48.3 Å². The van der Waals surface area contributed by atoms with Crippen molar-refractivity contribution in [3.8, 4) is 5.75 Å². The number of carboxylic acids is 1. The standard InChI is InChI=1S/C21H22Cl2N2O3/c1-2-7-28-20-14(8-15(22)10-17(20)23)12-25-19(21(26)27)9-13-11-24-18-6-4-3-5-16(13)18/h3-6,8,10-11,19,24-25H,2,7,9,12H2,1H3,(H,26,27). The third-order valence-corrected chi connectivity index (χ3v) is 4.97. The van der Waals surface area contributed by atoms with Crippen LogP contribution in [0.2, 0.25) is 10.0 Å². The average molecular weight is 421 g/mol. The number of aliphatic carboxylic acids is 1. The van der Waals surface area contributed by atoms with Crippen molar-refractivity contribution in [2.24, 2.45) is 0 Å². The zero-order chi connectivity index (χ0) is 20.1. The molecule has 0 saturated heterocycles. The molecule has 3 aromatic rings. The summed E-state index contributed by atoms with van der Waals surface area (Å²) in [4.78, 5) is 15.0.